The van der Waals surface area contributed by atoms with Gasteiger partial charge in [0.05, 0.1) is 44.7 Å². The molecule has 0 aliphatic heterocycles. The minimum absolute atomic E-state index is 0.112. The number of aliphatic imine (C=N–C) groups is 1. The van der Waals surface area contributed by atoms with E-state index in [0.29, 0.717) is 32.0 Å². The fourth-order valence-corrected chi connectivity index (χ4v) is 3.55. The standard InChI is InChI=1S/C20H19ClN6O2S/c1-23-16-10-14(27-9-3-2-4-19(27)28)5-6-15(16)24-11-13(26-22)12-25-20(29)17-7-8-18(21)30-17/h2-11,23H,12,22H2,1H3,(H,25,29). The van der Waals surface area contributed by atoms with Gasteiger partial charge in [0, 0.05) is 19.3 Å². The average molecular weight is 443 g/mol. The molecule has 0 radical (unpaired) electrons. The number of benzene rings is 1. The van der Waals surface area contributed by atoms with Crippen LogP contribution in [-0.2, 0) is 0 Å². The van der Waals surface area contributed by atoms with Crippen LogP contribution in [-0.4, -0.2) is 36.0 Å². The van der Waals surface area contributed by atoms with E-state index in [0.717, 1.165) is 0 Å². The third-order valence-corrected chi connectivity index (χ3v) is 5.33. The van der Waals surface area contributed by atoms with Crippen molar-refractivity contribution in [1.29, 1.82) is 0 Å². The molecule has 3 aromatic rings. The average Bonchev–Trinajstić information content (AvgIpc) is 3.20. The van der Waals surface area contributed by atoms with Gasteiger partial charge in [-0.05, 0) is 36.4 Å². The van der Waals surface area contributed by atoms with Gasteiger partial charge in [-0.1, -0.05) is 17.7 Å². The molecule has 0 unspecified atom stereocenters. The molecule has 2 aromatic heterocycles. The summed E-state index contributed by atoms with van der Waals surface area (Å²) in [4.78, 5) is 29.0. The molecular weight excluding hydrogens is 424 g/mol. The van der Waals surface area contributed by atoms with Gasteiger partial charge in [-0.15, -0.1) is 11.3 Å². The van der Waals surface area contributed by atoms with Gasteiger partial charge in [0.1, 0.15) is 0 Å². The number of hydrogen-bond donors (Lipinski definition) is 3. The number of aromatic nitrogens is 1. The van der Waals surface area contributed by atoms with E-state index in [4.69, 9.17) is 17.4 Å². The first-order chi connectivity index (χ1) is 14.5. The second-order valence-electron chi connectivity index (χ2n) is 6.03. The molecule has 0 bridgehead atoms. The van der Waals surface area contributed by atoms with E-state index in [9.17, 15) is 9.59 Å². The Morgan fingerprint density at radius 1 is 1.27 bits per heavy atom. The molecule has 0 saturated carbocycles. The molecule has 0 atom stereocenters. The van der Waals surface area contributed by atoms with Crippen LogP contribution in [0.5, 0.6) is 0 Å². The van der Waals surface area contributed by atoms with Crippen molar-refractivity contribution in [3.8, 4) is 5.69 Å². The van der Waals surface area contributed by atoms with Gasteiger partial charge in [-0.3, -0.25) is 19.1 Å². The zero-order valence-electron chi connectivity index (χ0n) is 16.0. The Morgan fingerprint density at radius 2 is 2.10 bits per heavy atom. The Bertz CT molecular complexity index is 1170. The number of pyridine rings is 1. The molecule has 0 fully saturated rings. The predicted octanol–water partition coefficient (Wildman–Crippen LogP) is 3.04. The summed E-state index contributed by atoms with van der Waals surface area (Å²) in [5.41, 5.74) is 2.31. The van der Waals surface area contributed by atoms with E-state index in [2.05, 4.69) is 20.7 Å². The smallest absolute Gasteiger partial charge is 0.261 e. The van der Waals surface area contributed by atoms with E-state index in [1.54, 1.807) is 49.6 Å². The predicted molar refractivity (Wildman–Crippen MR) is 123 cm³/mol. The summed E-state index contributed by atoms with van der Waals surface area (Å²) in [5, 5.41) is 9.45. The summed E-state index contributed by atoms with van der Waals surface area (Å²) in [7, 11) is 1.76. The van der Waals surface area contributed by atoms with Crippen molar-refractivity contribution in [3.63, 3.8) is 0 Å². The molecule has 1 aromatic carbocycles. The van der Waals surface area contributed by atoms with Crippen LogP contribution in [0.1, 0.15) is 9.67 Å². The maximum Gasteiger partial charge on any atom is 0.261 e. The Balaban J connectivity index is 1.73. The van der Waals surface area contributed by atoms with Gasteiger partial charge >= 0.3 is 0 Å². The van der Waals surface area contributed by atoms with Crippen molar-refractivity contribution in [2.24, 2.45) is 15.9 Å². The van der Waals surface area contributed by atoms with Gasteiger partial charge in [-0.2, -0.15) is 5.10 Å². The summed E-state index contributed by atoms with van der Waals surface area (Å²) < 4.78 is 2.07. The largest absolute Gasteiger partial charge is 0.386 e. The van der Waals surface area contributed by atoms with E-state index in [1.807, 2.05) is 6.07 Å². The lowest BCUT2D eigenvalue weighted by atomic mass is 10.2. The summed E-state index contributed by atoms with van der Waals surface area (Å²) in [6, 6.07) is 13.7. The number of hydrogen-bond acceptors (Lipinski definition) is 7. The van der Waals surface area contributed by atoms with Crippen LogP contribution >= 0.6 is 22.9 Å². The Labute approximate surface area is 181 Å². The minimum atomic E-state index is -0.269. The van der Waals surface area contributed by atoms with Crippen molar-refractivity contribution in [3.05, 3.63) is 74.3 Å². The number of thiophene rings is 1. The number of hydrazone groups is 1. The van der Waals surface area contributed by atoms with Gasteiger partial charge in [0.25, 0.3) is 11.5 Å². The summed E-state index contributed by atoms with van der Waals surface area (Å²) >= 11 is 7.04. The molecule has 3 rings (SSSR count). The SMILES string of the molecule is CNc1cc(-n2ccccc2=O)ccc1N=CC(CNC(=O)c1ccc(Cl)s1)=NN. The molecule has 10 heteroatoms. The lowest BCUT2D eigenvalue weighted by Gasteiger charge is -2.10. The maximum absolute atomic E-state index is 12.1. The normalized spacial score (nSPS) is 11.6. The van der Waals surface area contributed by atoms with Crippen molar-refractivity contribution >= 4 is 52.1 Å². The van der Waals surface area contributed by atoms with Crippen LogP contribution in [0.15, 0.2) is 69.6 Å². The van der Waals surface area contributed by atoms with Crippen molar-refractivity contribution < 1.29 is 4.79 Å². The third-order valence-electron chi connectivity index (χ3n) is 4.10. The van der Waals surface area contributed by atoms with Gasteiger partial charge < -0.3 is 16.5 Å². The summed E-state index contributed by atoms with van der Waals surface area (Å²) in [6.07, 6.45) is 3.18. The van der Waals surface area contributed by atoms with Gasteiger partial charge in [-0.25, -0.2) is 0 Å². The molecule has 1 amide bonds. The van der Waals surface area contributed by atoms with Gasteiger partial charge in [0.2, 0.25) is 0 Å². The molecule has 8 nitrogen and oxygen atoms in total. The van der Waals surface area contributed by atoms with Crippen LogP contribution in [0.4, 0.5) is 11.4 Å². The number of carbonyl (C=O) groups is 1. The van der Waals surface area contributed by atoms with Crippen LogP contribution in [0, 0.1) is 0 Å². The number of nitrogens with zero attached hydrogens (tertiary/aromatic N) is 3. The Kier molecular flexibility index (Phi) is 6.99. The molecule has 0 saturated heterocycles. The lowest BCUT2D eigenvalue weighted by Crippen LogP contribution is -2.30. The van der Waals surface area contributed by atoms with Crippen LogP contribution in [0.25, 0.3) is 5.69 Å². The van der Waals surface area contributed by atoms with E-state index in [-0.39, 0.29) is 18.0 Å². The zero-order chi connectivity index (χ0) is 21.5. The van der Waals surface area contributed by atoms with E-state index >= 15 is 0 Å². The zero-order valence-corrected chi connectivity index (χ0v) is 17.6. The van der Waals surface area contributed by atoms with E-state index in [1.165, 1.54) is 28.2 Å². The van der Waals surface area contributed by atoms with Crippen molar-refractivity contribution in [2.45, 2.75) is 0 Å². The number of nitrogens with two attached hydrogens (primary N) is 1. The monoisotopic (exact) mass is 442 g/mol. The van der Waals surface area contributed by atoms with Crippen LogP contribution < -0.4 is 22.0 Å². The van der Waals surface area contributed by atoms with Crippen LogP contribution in [0.2, 0.25) is 4.34 Å². The minimum Gasteiger partial charge on any atom is -0.386 e. The molecule has 154 valence electrons. The second-order valence-corrected chi connectivity index (χ2v) is 7.74. The molecule has 4 N–H and O–H groups in total. The lowest BCUT2D eigenvalue weighted by molar-refractivity contribution is 0.0963. The number of amides is 1. The maximum atomic E-state index is 12.1. The number of anilines is 1. The highest BCUT2D eigenvalue weighted by molar-refractivity contribution is 7.18. The van der Waals surface area contributed by atoms with Crippen LogP contribution in [0.3, 0.4) is 0 Å². The molecule has 0 spiro atoms. The highest BCUT2D eigenvalue weighted by Gasteiger charge is 2.09. The third kappa shape index (κ3) is 5.13. The quantitative estimate of drug-likeness (QED) is 0.296. The summed E-state index contributed by atoms with van der Waals surface area (Å²) in [5.74, 6) is 5.16. The Hall–Kier alpha value is -3.43. The van der Waals surface area contributed by atoms with E-state index < -0.39 is 0 Å². The number of nitrogens with one attached hydrogen (secondary N) is 2. The molecule has 0 aliphatic carbocycles. The fourth-order valence-electron chi connectivity index (χ4n) is 2.59. The topological polar surface area (TPSA) is 114 Å². The van der Waals surface area contributed by atoms with Crippen molar-refractivity contribution in [1.82, 2.24) is 9.88 Å². The highest BCUT2D eigenvalue weighted by Crippen LogP contribution is 2.26. The van der Waals surface area contributed by atoms with Crippen molar-refractivity contribution in [2.75, 3.05) is 18.9 Å². The summed E-state index contributed by atoms with van der Waals surface area (Å²) in [6.45, 7) is 0.112. The number of rotatable bonds is 7. The number of halogens is 1. The highest BCUT2D eigenvalue weighted by atomic mass is 35.5. The first-order valence-corrected chi connectivity index (χ1v) is 10.1. The fraction of sp³-hybridized carbons (Fsp3) is 0.100. The molecule has 30 heavy (non-hydrogen) atoms. The second kappa shape index (κ2) is 9.86. The first-order valence-electron chi connectivity index (χ1n) is 8.86. The molecule has 2 heterocycles. The molecular formula is C20H19ClN6O2S. The first kappa shape index (κ1) is 21.3. The Morgan fingerprint density at radius 3 is 2.77 bits per heavy atom. The number of carbonyl (C=O) groups excluding carboxylic acids is 1. The molecule has 0 aliphatic rings. The van der Waals surface area contributed by atoms with Gasteiger partial charge in [0.15, 0.2) is 0 Å².